The van der Waals surface area contributed by atoms with Gasteiger partial charge in [-0.05, 0) is 24.3 Å². The molecule has 0 spiro atoms. The van der Waals surface area contributed by atoms with E-state index in [9.17, 15) is 15.8 Å². The highest BCUT2D eigenvalue weighted by atomic mass is 15.1. The number of hydrogen-bond acceptors (Lipinski definition) is 6. The summed E-state index contributed by atoms with van der Waals surface area (Å²) in [6.07, 6.45) is 5.29. The van der Waals surface area contributed by atoms with Crippen molar-refractivity contribution in [2.24, 2.45) is 17.1 Å². The Morgan fingerprint density at radius 1 is 1.33 bits per heavy atom. The van der Waals surface area contributed by atoms with Crippen molar-refractivity contribution in [1.82, 2.24) is 9.88 Å². The third kappa shape index (κ3) is 2.07. The minimum Gasteiger partial charge on any atom is -0.399 e. The molecule has 0 bridgehead atoms. The van der Waals surface area contributed by atoms with E-state index in [1.165, 1.54) is 0 Å². The van der Waals surface area contributed by atoms with Gasteiger partial charge in [0.1, 0.15) is 6.07 Å². The second kappa shape index (κ2) is 5.81. The number of likely N-dealkylation sites (N-methyl/N-ethyl adjacent to an activating group) is 1. The maximum Gasteiger partial charge on any atom is 0.191 e. The maximum atomic E-state index is 9.86. The van der Waals surface area contributed by atoms with Gasteiger partial charge in [-0.25, -0.2) is 0 Å². The van der Waals surface area contributed by atoms with Gasteiger partial charge in [-0.1, -0.05) is 12.1 Å². The molecular formula is C18H16N6. The number of allylic oxidation sites excluding steroid dienone is 2. The molecule has 1 aliphatic carbocycles. The first kappa shape index (κ1) is 15.7. The van der Waals surface area contributed by atoms with E-state index in [-0.39, 0.29) is 17.2 Å². The Hall–Kier alpha value is -3.14. The Labute approximate surface area is 140 Å². The zero-order valence-corrected chi connectivity index (χ0v) is 13.3. The molecule has 1 aliphatic heterocycles. The first-order valence-corrected chi connectivity index (χ1v) is 7.60. The zero-order valence-electron chi connectivity index (χ0n) is 13.3. The molecule has 0 aromatic carbocycles. The van der Waals surface area contributed by atoms with Crippen molar-refractivity contribution >= 4 is 0 Å². The molecule has 0 saturated carbocycles. The van der Waals surface area contributed by atoms with Gasteiger partial charge in [0.2, 0.25) is 0 Å². The number of hydrogen-bond donors (Lipinski definition) is 1. The van der Waals surface area contributed by atoms with Crippen molar-refractivity contribution in [2.45, 2.75) is 5.92 Å². The van der Waals surface area contributed by atoms with Gasteiger partial charge >= 0.3 is 0 Å². The molecule has 1 aromatic rings. The van der Waals surface area contributed by atoms with Crippen molar-refractivity contribution in [3.63, 3.8) is 0 Å². The monoisotopic (exact) mass is 316 g/mol. The molecule has 118 valence electrons. The van der Waals surface area contributed by atoms with Crippen LogP contribution in [0.15, 0.2) is 47.4 Å². The summed E-state index contributed by atoms with van der Waals surface area (Å²) in [5.74, 6) is -0.624. The molecule has 0 amide bonds. The molecular weight excluding hydrogens is 300 g/mol. The lowest BCUT2D eigenvalue weighted by Gasteiger charge is -2.44. The third-order valence-electron chi connectivity index (χ3n) is 4.89. The Morgan fingerprint density at radius 2 is 2.08 bits per heavy atom. The fourth-order valence-corrected chi connectivity index (χ4v) is 3.76. The van der Waals surface area contributed by atoms with Gasteiger partial charge in [0.25, 0.3) is 0 Å². The molecule has 2 atom stereocenters. The van der Waals surface area contributed by atoms with Gasteiger partial charge in [-0.15, -0.1) is 0 Å². The van der Waals surface area contributed by atoms with Crippen molar-refractivity contribution in [3.05, 3.63) is 53.0 Å². The zero-order chi connectivity index (χ0) is 17.3. The number of fused-ring (bicyclic) bond motifs is 1. The first-order valence-electron chi connectivity index (χ1n) is 7.60. The van der Waals surface area contributed by atoms with Crippen LogP contribution in [0.5, 0.6) is 0 Å². The number of rotatable bonds is 1. The van der Waals surface area contributed by atoms with Crippen molar-refractivity contribution < 1.29 is 0 Å². The molecule has 2 aliphatic rings. The maximum absolute atomic E-state index is 9.86. The fraction of sp³-hybridized carbons (Fsp3) is 0.333. The summed E-state index contributed by atoms with van der Waals surface area (Å²) >= 11 is 0. The third-order valence-corrected chi connectivity index (χ3v) is 4.89. The fourth-order valence-electron chi connectivity index (χ4n) is 3.76. The Bertz CT molecular complexity index is 832. The van der Waals surface area contributed by atoms with E-state index in [2.05, 4.69) is 28.1 Å². The van der Waals surface area contributed by atoms with Gasteiger partial charge in [-0.3, -0.25) is 4.98 Å². The lowest BCUT2D eigenvalue weighted by atomic mass is 9.58. The van der Waals surface area contributed by atoms with Crippen LogP contribution in [0.4, 0.5) is 0 Å². The molecule has 1 aromatic heterocycles. The number of nitrogens with two attached hydrogens (primary N) is 1. The Morgan fingerprint density at radius 3 is 2.67 bits per heavy atom. The molecule has 0 fully saturated rings. The summed E-state index contributed by atoms with van der Waals surface area (Å²) < 4.78 is 0. The van der Waals surface area contributed by atoms with Crippen molar-refractivity contribution in [2.75, 3.05) is 20.1 Å². The van der Waals surface area contributed by atoms with Gasteiger partial charge in [0.05, 0.1) is 23.4 Å². The van der Waals surface area contributed by atoms with E-state index in [4.69, 9.17) is 5.73 Å². The average Bonchev–Trinajstić information content (AvgIpc) is 2.62. The molecule has 2 N–H and O–H groups in total. The van der Waals surface area contributed by atoms with E-state index in [0.29, 0.717) is 13.1 Å². The van der Waals surface area contributed by atoms with Crippen LogP contribution >= 0.6 is 0 Å². The van der Waals surface area contributed by atoms with E-state index < -0.39 is 11.3 Å². The molecule has 24 heavy (non-hydrogen) atoms. The van der Waals surface area contributed by atoms with Gasteiger partial charge in [0.15, 0.2) is 5.41 Å². The average molecular weight is 316 g/mol. The van der Waals surface area contributed by atoms with Crippen molar-refractivity contribution in [3.8, 4) is 18.2 Å². The SMILES string of the molecule is CN1CC=C2C(C#N)=C(N)C(C#N)(C#N)C(c3cccnc3)C2C1. The minimum absolute atomic E-state index is 0.0518. The quantitative estimate of drug-likeness (QED) is 0.838. The van der Waals surface area contributed by atoms with Crippen LogP contribution in [-0.4, -0.2) is 30.0 Å². The van der Waals surface area contributed by atoms with Gasteiger partial charge in [0, 0.05) is 37.3 Å². The lowest BCUT2D eigenvalue weighted by molar-refractivity contribution is 0.237. The van der Waals surface area contributed by atoms with Crippen LogP contribution in [0.25, 0.3) is 0 Å². The van der Waals surface area contributed by atoms with E-state index >= 15 is 0 Å². The second-order valence-corrected chi connectivity index (χ2v) is 6.18. The molecule has 2 heterocycles. The van der Waals surface area contributed by atoms with E-state index in [0.717, 1.165) is 11.1 Å². The number of aromatic nitrogens is 1. The molecule has 6 heteroatoms. The Balaban J connectivity index is 2.33. The normalized spacial score (nSPS) is 25.7. The molecule has 0 radical (unpaired) electrons. The lowest BCUT2D eigenvalue weighted by Crippen LogP contribution is -2.47. The molecule has 0 saturated heterocycles. The molecule has 2 unspecified atom stereocenters. The van der Waals surface area contributed by atoms with Crippen LogP contribution in [0.3, 0.4) is 0 Å². The summed E-state index contributed by atoms with van der Waals surface area (Å²) in [4.78, 5) is 6.25. The topological polar surface area (TPSA) is 114 Å². The predicted molar refractivity (Wildman–Crippen MR) is 86.5 cm³/mol. The van der Waals surface area contributed by atoms with Crippen LogP contribution in [0.1, 0.15) is 11.5 Å². The summed E-state index contributed by atoms with van der Waals surface area (Å²) in [5, 5.41) is 29.3. The number of pyridine rings is 1. The summed E-state index contributed by atoms with van der Waals surface area (Å²) in [5.41, 5.74) is 6.57. The first-order chi connectivity index (χ1) is 11.6. The van der Waals surface area contributed by atoms with Gasteiger partial charge in [-0.2, -0.15) is 15.8 Å². The molecule has 3 rings (SSSR count). The highest BCUT2D eigenvalue weighted by Gasteiger charge is 2.54. The second-order valence-electron chi connectivity index (χ2n) is 6.18. The molecule has 6 nitrogen and oxygen atoms in total. The standard InChI is InChI=1S/C18H16N6/c1-24-6-4-13-14(7-19)17(22)18(10-20,11-21)16(15(13)9-24)12-3-2-5-23-8-12/h2-5,8,15-16H,6,9,22H2,1H3. The van der Waals surface area contributed by atoms with Crippen LogP contribution in [0.2, 0.25) is 0 Å². The highest BCUT2D eigenvalue weighted by Crippen LogP contribution is 2.53. The summed E-state index contributed by atoms with van der Waals surface area (Å²) in [6.45, 7) is 1.35. The van der Waals surface area contributed by atoms with Crippen molar-refractivity contribution in [1.29, 1.82) is 15.8 Å². The van der Waals surface area contributed by atoms with E-state index in [1.54, 1.807) is 18.5 Å². The largest absolute Gasteiger partial charge is 0.399 e. The smallest absolute Gasteiger partial charge is 0.191 e. The highest BCUT2D eigenvalue weighted by molar-refractivity contribution is 5.59. The van der Waals surface area contributed by atoms with E-state index in [1.807, 2.05) is 19.2 Å². The van der Waals surface area contributed by atoms with Crippen LogP contribution in [-0.2, 0) is 0 Å². The van der Waals surface area contributed by atoms with Crippen LogP contribution in [0, 0.1) is 45.3 Å². The number of nitrogens with zero attached hydrogens (tertiary/aromatic N) is 5. The van der Waals surface area contributed by atoms with Gasteiger partial charge < -0.3 is 10.6 Å². The number of nitriles is 3. The summed E-state index contributed by atoms with van der Waals surface area (Å²) in [6, 6.07) is 9.97. The minimum atomic E-state index is -1.58. The summed E-state index contributed by atoms with van der Waals surface area (Å²) in [7, 11) is 1.97. The van der Waals surface area contributed by atoms with Crippen LogP contribution < -0.4 is 5.73 Å². The predicted octanol–water partition coefficient (Wildman–Crippen LogP) is 1.44. The Kier molecular flexibility index (Phi) is 3.81.